The van der Waals surface area contributed by atoms with Crippen molar-refractivity contribution in [3.8, 4) is 0 Å². The Kier molecular flexibility index (Phi) is 5.35. The number of thioether (sulfide) groups is 1. The molecule has 0 amide bonds. The molecule has 0 aliphatic rings. The Hall–Kier alpha value is -0.710. The number of nitrogens with one attached hydrogen (secondary N) is 1. The number of hydrogen-bond donors (Lipinski definition) is 1. The van der Waals surface area contributed by atoms with E-state index >= 15 is 0 Å². The van der Waals surface area contributed by atoms with Gasteiger partial charge in [0.05, 0.1) is 10.0 Å². The summed E-state index contributed by atoms with van der Waals surface area (Å²) < 4.78 is 1.08. The molecule has 0 fully saturated rings. The van der Waals surface area contributed by atoms with Gasteiger partial charge in [0, 0.05) is 28.7 Å². The van der Waals surface area contributed by atoms with E-state index in [2.05, 4.69) is 38.4 Å². The molecule has 0 aliphatic carbocycles. The molecule has 94 valence electrons. The summed E-state index contributed by atoms with van der Waals surface area (Å²) in [6.07, 6.45) is 1.67. The van der Waals surface area contributed by atoms with E-state index in [4.69, 9.17) is 11.6 Å². The van der Waals surface area contributed by atoms with Gasteiger partial charge in [-0.2, -0.15) is 0 Å². The van der Waals surface area contributed by atoms with Crippen molar-refractivity contribution in [3.05, 3.63) is 52.1 Å². The Bertz CT molecular complexity index is 505. The maximum Gasteiger partial charge on any atom is 0.0961 e. The monoisotopic (exact) mass is 342 g/mol. The Morgan fingerprint density at radius 3 is 2.89 bits per heavy atom. The second kappa shape index (κ2) is 7.02. The zero-order valence-corrected chi connectivity index (χ0v) is 12.7. The summed E-state index contributed by atoms with van der Waals surface area (Å²) in [7, 11) is 0. The van der Waals surface area contributed by atoms with Crippen molar-refractivity contribution < 1.29 is 0 Å². The molecular weight excluding hydrogens is 332 g/mol. The predicted molar refractivity (Wildman–Crippen MR) is 82.6 cm³/mol. The lowest BCUT2D eigenvalue weighted by molar-refractivity contribution is 1.12. The minimum absolute atomic E-state index is 0.673. The molecule has 0 saturated carbocycles. The fourth-order valence-corrected chi connectivity index (χ4v) is 2.61. The molecule has 2 nitrogen and oxygen atoms in total. The van der Waals surface area contributed by atoms with E-state index in [9.17, 15) is 0 Å². The molecule has 1 aromatic carbocycles. The number of hydrogen-bond acceptors (Lipinski definition) is 3. The van der Waals surface area contributed by atoms with Crippen molar-refractivity contribution in [3.63, 3.8) is 0 Å². The van der Waals surface area contributed by atoms with Gasteiger partial charge in [0.2, 0.25) is 0 Å². The van der Waals surface area contributed by atoms with Crippen molar-refractivity contribution in [1.82, 2.24) is 4.98 Å². The first-order valence-corrected chi connectivity index (χ1v) is 7.63. The summed E-state index contributed by atoms with van der Waals surface area (Å²) >= 11 is 10.9. The van der Waals surface area contributed by atoms with E-state index in [-0.39, 0.29) is 0 Å². The third kappa shape index (κ3) is 4.52. The molecule has 2 rings (SSSR count). The lowest BCUT2D eigenvalue weighted by Gasteiger charge is -2.06. The van der Waals surface area contributed by atoms with Crippen LogP contribution in [0.5, 0.6) is 0 Å². The number of benzene rings is 1. The number of rotatable bonds is 5. The van der Waals surface area contributed by atoms with Crippen LogP contribution < -0.4 is 5.32 Å². The van der Waals surface area contributed by atoms with Crippen molar-refractivity contribution >= 4 is 45.0 Å². The predicted octanol–water partition coefficient (Wildman–Crippen LogP) is 4.70. The topological polar surface area (TPSA) is 24.9 Å². The van der Waals surface area contributed by atoms with Gasteiger partial charge in [-0.05, 0) is 30.3 Å². The quantitative estimate of drug-likeness (QED) is 0.629. The lowest BCUT2D eigenvalue weighted by atomic mass is 10.3. The summed E-state index contributed by atoms with van der Waals surface area (Å²) in [6, 6.07) is 11.9. The molecular formula is C13H12BrClN2S. The molecule has 18 heavy (non-hydrogen) atoms. The van der Waals surface area contributed by atoms with E-state index in [0.29, 0.717) is 5.02 Å². The summed E-state index contributed by atoms with van der Waals surface area (Å²) in [6.45, 7) is 0.894. The average Bonchev–Trinajstić information content (AvgIpc) is 2.37. The zero-order valence-electron chi connectivity index (χ0n) is 9.57. The summed E-state index contributed by atoms with van der Waals surface area (Å²) in [4.78, 5) is 4.23. The van der Waals surface area contributed by atoms with Crippen LogP contribution in [0.3, 0.4) is 0 Å². The van der Waals surface area contributed by atoms with Crippen molar-refractivity contribution in [2.45, 2.75) is 5.03 Å². The van der Waals surface area contributed by atoms with Gasteiger partial charge < -0.3 is 5.32 Å². The Balaban J connectivity index is 1.74. The standard InChI is InChI=1S/C13H12BrClN2S/c14-10-2-1-3-12(8-10)16-6-7-18-13-5-4-11(15)9-17-13/h1-5,8-9,16H,6-7H2. The first-order chi connectivity index (χ1) is 8.74. The van der Waals surface area contributed by atoms with Gasteiger partial charge in [0.1, 0.15) is 0 Å². The Labute approximate surface area is 124 Å². The maximum atomic E-state index is 5.78. The molecule has 0 saturated heterocycles. The minimum Gasteiger partial charge on any atom is -0.384 e. The van der Waals surface area contributed by atoms with E-state index in [1.165, 1.54) is 0 Å². The van der Waals surface area contributed by atoms with Crippen LogP contribution >= 0.6 is 39.3 Å². The second-order valence-electron chi connectivity index (χ2n) is 3.60. The summed E-state index contributed by atoms with van der Waals surface area (Å²) in [5, 5.41) is 5.03. The molecule has 1 heterocycles. The molecule has 1 aromatic heterocycles. The van der Waals surface area contributed by atoms with Crippen LogP contribution in [0.15, 0.2) is 52.1 Å². The van der Waals surface area contributed by atoms with Crippen LogP contribution in [0.25, 0.3) is 0 Å². The van der Waals surface area contributed by atoms with Crippen LogP contribution in [-0.2, 0) is 0 Å². The second-order valence-corrected chi connectivity index (χ2v) is 6.07. The number of anilines is 1. The number of aromatic nitrogens is 1. The third-order valence-corrected chi connectivity index (χ3v) is 3.87. The molecule has 5 heteroatoms. The minimum atomic E-state index is 0.673. The van der Waals surface area contributed by atoms with Gasteiger partial charge in [0.25, 0.3) is 0 Å². The van der Waals surface area contributed by atoms with E-state index in [0.717, 1.165) is 27.5 Å². The highest BCUT2D eigenvalue weighted by Crippen LogP contribution is 2.18. The van der Waals surface area contributed by atoms with E-state index in [1.807, 2.05) is 24.3 Å². The van der Waals surface area contributed by atoms with Crippen LogP contribution in [0, 0.1) is 0 Å². The highest BCUT2D eigenvalue weighted by atomic mass is 79.9. The van der Waals surface area contributed by atoms with E-state index in [1.54, 1.807) is 18.0 Å². The van der Waals surface area contributed by atoms with Gasteiger partial charge in [-0.3, -0.25) is 0 Å². The highest BCUT2D eigenvalue weighted by molar-refractivity contribution is 9.10. The molecule has 0 atom stereocenters. The molecule has 0 aliphatic heterocycles. The normalized spacial score (nSPS) is 10.3. The number of halogens is 2. The Morgan fingerprint density at radius 2 is 2.17 bits per heavy atom. The van der Waals surface area contributed by atoms with Crippen LogP contribution in [-0.4, -0.2) is 17.3 Å². The van der Waals surface area contributed by atoms with Gasteiger partial charge in [-0.15, -0.1) is 11.8 Å². The lowest BCUT2D eigenvalue weighted by Crippen LogP contribution is -2.03. The zero-order chi connectivity index (χ0) is 12.8. The largest absolute Gasteiger partial charge is 0.384 e. The fraction of sp³-hybridized carbons (Fsp3) is 0.154. The number of pyridine rings is 1. The summed E-state index contributed by atoms with van der Waals surface area (Å²) in [5.41, 5.74) is 1.12. The summed E-state index contributed by atoms with van der Waals surface area (Å²) in [5.74, 6) is 0.959. The smallest absolute Gasteiger partial charge is 0.0961 e. The van der Waals surface area contributed by atoms with Crippen molar-refractivity contribution in [2.75, 3.05) is 17.6 Å². The van der Waals surface area contributed by atoms with Gasteiger partial charge in [-0.25, -0.2) is 4.98 Å². The first kappa shape index (κ1) is 13.7. The van der Waals surface area contributed by atoms with Gasteiger partial charge in [-0.1, -0.05) is 33.6 Å². The fourth-order valence-electron chi connectivity index (χ4n) is 1.40. The van der Waals surface area contributed by atoms with Crippen molar-refractivity contribution in [2.24, 2.45) is 0 Å². The average molecular weight is 344 g/mol. The van der Waals surface area contributed by atoms with E-state index < -0.39 is 0 Å². The SMILES string of the molecule is Clc1ccc(SCCNc2cccc(Br)c2)nc1. The molecule has 0 unspecified atom stereocenters. The highest BCUT2D eigenvalue weighted by Gasteiger charge is 1.96. The van der Waals surface area contributed by atoms with Gasteiger partial charge >= 0.3 is 0 Å². The van der Waals surface area contributed by atoms with Crippen LogP contribution in [0.1, 0.15) is 0 Å². The molecule has 0 bridgehead atoms. The molecule has 1 N–H and O–H groups in total. The maximum absolute atomic E-state index is 5.78. The van der Waals surface area contributed by atoms with Crippen molar-refractivity contribution in [1.29, 1.82) is 0 Å². The van der Waals surface area contributed by atoms with Gasteiger partial charge in [0.15, 0.2) is 0 Å². The molecule has 2 aromatic rings. The third-order valence-electron chi connectivity index (χ3n) is 2.21. The van der Waals surface area contributed by atoms with Crippen LogP contribution in [0.4, 0.5) is 5.69 Å². The molecule has 0 radical (unpaired) electrons. The first-order valence-electron chi connectivity index (χ1n) is 5.48. The molecule has 0 spiro atoms. The van der Waals surface area contributed by atoms with Crippen LogP contribution in [0.2, 0.25) is 5.02 Å². The number of nitrogens with zero attached hydrogens (tertiary/aromatic N) is 1. The Morgan fingerprint density at radius 1 is 1.28 bits per heavy atom.